The van der Waals surface area contributed by atoms with Crippen LogP contribution < -0.4 is 0 Å². The molecule has 0 spiro atoms. The van der Waals surface area contributed by atoms with Gasteiger partial charge in [-0.15, -0.1) is 0 Å². The van der Waals surface area contributed by atoms with Crippen molar-refractivity contribution >= 4 is 0 Å². The van der Waals surface area contributed by atoms with E-state index in [1.807, 2.05) is 30.3 Å². The summed E-state index contributed by atoms with van der Waals surface area (Å²) in [5.74, 6) is 0. The number of hydrogen-bond acceptors (Lipinski definition) is 0. The largest absolute Gasteiger partial charge is 2.00 e. The van der Waals surface area contributed by atoms with Gasteiger partial charge >= 0.3 is 17.1 Å². The van der Waals surface area contributed by atoms with Crippen LogP contribution in [0.5, 0.6) is 0 Å². The standard InChI is InChI=1S/C5H5.CH3.Fe/c1-2-4-5-3-1;;/h1-5H;1H3;/q2*-1;+2. The minimum atomic E-state index is 0. The average Bonchev–Trinajstić information content (AvgIpc) is 1.76. The Balaban J connectivity index is 0. The van der Waals surface area contributed by atoms with Gasteiger partial charge < -0.3 is 7.43 Å². The molecule has 0 radical (unpaired) electrons. The molecule has 1 aromatic carbocycles. The summed E-state index contributed by atoms with van der Waals surface area (Å²) in [6.45, 7) is 0. The van der Waals surface area contributed by atoms with Crippen LogP contribution in [0.4, 0.5) is 0 Å². The SMILES string of the molecule is [CH3-].[Fe+2].c1cc[cH-]c1. The van der Waals surface area contributed by atoms with Gasteiger partial charge in [0.15, 0.2) is 0 Å². The number of rotatable bonds is 0. The van der Waals surface area contributed by atoms with Crippen LogP contribution in [0.2, 0.25) is 0 Å². The van der Waals surface area contributed by atoms with Gasteiger partial charge in [-0.05, 0) is 0 Å². The van der Waals surface area contributed by atoms with E-state index in [4.69, 9.17) is 0 Å². The molecule has 7 heavy (non-hydrogen) atoms. The fraction of sp³-hybridized carbons (Fsp3) is 0. The van der Waals surface area contributed by atoms with E-state index in [0.717, 1.165) is 0 Å². The third-order valence-electron chi connectivity index (χ3n) is 0.556. The van der Waals surface area contributed by atoms with Gasteiger partial charge in [-0.3, -0.25) is 0 Å². The Kier molecular flexibility index (Phi) is 8.37. The van der Waals surface area contributed by atoms with Crippen molar-refractivity contribution in [1.29, 1.82) is 0 Å². The van der Waals surface area contributed by atoms with Crippen LogP contribution in [0.1, 0.15) is 0 Å². The van der Waals surface area contributed by atoms with Gasteiger partial charge in [0, 0.05) is 0 Å². The molecule has 0 fully saturated rings. The van der Waals surface area contributed by atoms with Crippen molar-refractivity contribution in [3.8, 4) is 0 Å². The van der Waals surface area contributed by atoms with E-state index in [2.05, 4.69) is 0 Å². The number of hydrogen-bond donors (Lipinski definition) is 0. The second-order valence-electron chi connectivity index (χ2n) is 0.962. The smallest absolute Gasteiger partial charge is 0.358 e. The Morgan fingerprint density at radius 2 is 1.43 bits per heavy atom. The van der Waals surface area contributed by atoms with Crippen LogP contribution in [0, 0.1) is 7.43 Å². The molecule has 1 rings (SSSR count). The molecule has 0 atom stereocenters. The topological polar surface area (TPSA) is 0 Å². The predicted molar refractivity (Wildman–Crippen MR) is 28.4 cm³/mol. The van der Waals surface area contributed by atoms with Crippen LogP contribution in [0.25, 0.3) is 0 Å². The Morgan fingerprint density at radius 1 is 1.00 bits per heavy atom. The van der Waals surface area contributed by atoms with E-state index in [1.54, 1.807) is 0 Å². The van der Waals surface area contributed by atoms with Crippen LogP contribution in [0.15, 0.2) is 30.3 Å². The minimum Gasteiger partial charge on any atom is -0.358 e. The molecule has 0 aliphatic carbocycles. The van der Waals surface area contributed by atoms with Gasteiger partial charge in [-0.1, -0.05) is 0 Å². The molecular weight excluding hydrogens is 128 g/mol. The molecule has 1 aromatic rings. The zero-order valence-electron chi connectivity index (χ0n) is 4.24. The van der Waals surface area contributed by atoms with Crippen molar-refractivity contribution in [1.82, 2.24) is 0 Å². The van der Waals surface area contributed by atoms with E-state index < -0.39 is 0 Å². The first-order valence-electron chi connectivity index (χ1n) is 1.67. The van der Waals surface area contributed by atoms with E-state index in [-0.39, 0.29) is 24.5 Å². The molecule has 0 unspecified atom stereocenters. The summed E-state index contributed by atoms with van der Waals surface area (Å²) in [7, 11) is 0. The third kappa shape index (κ3) is 3.71. The summed E-state index contributed by atoms with van der Waals surface area (Å²) in [5.41, 5.74) is 0. The molecule has 0 saturated heterocycles. The van der Waals surface area contributed by atoms with Gasteiger partial charge in [-0.25, -0.2) is 12.1 Å². The average molecular weight is 136 g/mol. The van der Waals surface area contributed by atoms with Crippen molar-refractivity contribution in [3.05, 3.63) is 37.8 Å². The second-order valence-corrected chi connectivity index (χ2v) is 0.962. The monoisotopic (exact) mass is 136 g/mol. The summed E-state index contributed by atoms with van der Waals surface area (Å²) in [4.78, 5) is 0. The van der Waals surface area contributed by atoms with Crippen LogP contribution >= 0.6 is 0 Å². The first kappa shape index (κ1) is 9.98. The van der Waals surface area contributed by atoms with E-state index in [0.29, 0.717) is 0 Å². The third-order valence-corrected chi connectivity index (χ3v) is 0.556. The van der Waals surface area contributed by atoms with Crippen LogP contribution in [-0.2, 0) is 17.1 Å². The molecule has 40 valence electrons. The zero-order chi connectivity index (χ0) is 3.54. The molecule has 1 heteroatoms. The molecule has 0 nitrogen and oxygen atoms in total. The summed E-state index contributed by atoms with van der Waals surface area (Å²) in [6, 6.07) is 10.0. The van der Waals surface area contributed by atoms with Crippen molar-refractivity contribution in [3.63, 3.8) is 0 Å². The maximum Gasteiger partial charge on any atom is 2.00 e. The van der Waals surface area contributed by atoms with Crippen molar-refractivity contribution < 1.29 is 17.1 Å². The molecule has 0 saturated carbocycles. The van der Waals surface area contributed by atoms with E-state index in [9.17, 15) is 0 Å². The fourth-order valence-corrected chi connectivity index (χ4v) is 0.321. The Morgan fingerprint density at radius 3 is 1.57 bits per heavy atom. The van der Waals surface area contributed by atoms with Gasteiger partial charge in [0.1, 0.15) is 0 Å². The Hall–Kier alpha value is -0.131. The quantitative estimate of drug-likeness (QED) is 0.377. The molecule has 0 N–H and O–H groups in total. The minimum absolute atomic E-state index is 0. The second kappa shape index (κ2) is 5.87. The van der Waals surface area contributed by atoms with Crippen molar-refractivity contribution in [2.75, 3.05) is 0 Å². The van der Waals surface area contributed by atoms with Gasteiger partial charge in [0.25, 0.3) is 0 Å². The van der Waals surface area contributed by atoms with E-state index in [1.165, 1.54) is 0 Å². The van der Waals surface area contributed by atoms with Crippen molar-refractivity contribution in [2.45, 2.75) is 0 Å². The van der Waals surface area contributed by atoms with Gasteiger partial charge in [0.05, 0.1) is 0 Å². The normalized spacial score (nSPS) is 5.71. The van der Waals surface area contributed by atoms with Crippen LogP contribution in [-0.4, -0.2) is 0 Å². The first-order valence-corrected chi connectivity index (χ1v) is 1.67. The molecule has 0 aromatic heterocycles. The molecule has 0 aliphatic rings. The van der Waals surface area contributed by atoms with Crippen molar-refractivity contribution in [2.24, 2.45) is 0 Å². The maximum atomic E-state index is 2.00. The first-order chi connectivity index (χ1) is 2.50. The van der Waals surface area contributed by atoms with E-state index >= 15 is 0 Å². The maximum absolute atomic E-state index is 2.00. The predicted octanol–water partition coefficient (Wildman–Crippen LogP) is 1.85. The fourth-order valence-electron chi connectivity index (χ4n) is 0.321. The summed E-state index contributed by atoms with van der Waals surface area (Å²) in [5, 5.41) is 0. The zero-order valence-corrected chi connectivity index (χ0v) is 5.34. The summed E-state index contributed by atoms with van der Waals surface area (Å²) in [6.07, 6.45) is 0. The van der Waals surface area contributed by atoms with Gasteiger partial charge in [0.2, 0.25) is 0 Å². The Bertz CT molecular complexity index is 60.7. The van der Waals surface area contributed by atoms with Gasteiger partial charge in [-0.2, -0.15) is 18.2 Å². The molecule has 0 heterocycles. The molecule has 0 aliphatic heterocycles. The summed E-state index contributed by atoms with van der Waals surface area (Å²) >= 11 is 0. The summed E-state index contributed by atoms with van der Waals surface area (Å²) < 4.78 is 0. The van der Waals surface area contributed by atoms with Crippen LogP contribution in [0.3, 0.4) is 0 Å². The molecular formula is C6H8Fe. The molecule has 0 amide bonds. The Labute approximate surface area is 55.4 Å². The molecule has 0 bridgehead atoms.